The van der Waals surface area contributed by atoms with Gasteiger partial charge in [0.2, 0.25) is 0 Å². The number of hydrogen-bond acceptors (Lipinski definition) is 2. The van der Waals surface area contributed by atoms with Gasteiger partial charge in [0.05, 0.1) is 6.61 Å². The lowest BCUT2D eigenvalue weighted by atomic mass is 10.1. The summed E-state index contributed by atoms with van der Waals surface area (Å²) in [6.07, 6.45) is 1.17. The zero-order valence-corrected chi connectivity index (χ0v) is 9.59. The first-order chi connectivity index (χ1) is 7.54. The smallest absolute Gasteiger partial charge is 0.168 e. The summed E-state index contributed by atoms with van der Waals surface area (Å²) in [4.78, 5) is 0. The molecule has 1 atom stereocenters. The van der Waals surface area contributed by atoms with Gasteiger partial charge in [-0.3, -0.25) is 0 Å². The molecule has 1 unspecified atom stereocenters. The lowest BCUT2D eigenvalue weighted by Gasteiger charge is -2.13. The molecule has 90 valence electrons. The number of hydrogen-bond donors (Lipinski definition) is 1. The van der Waals surface area contributed by atoms with Crippen molar-refractivity contribution in [3.8, 4) is 5.75 Å². The second-order valence-electron chi connectivity index (χ2n) is 3.91. The quantitative estimate of drug-likeness (QED) is 0.842. The van der Waals surface area contributed by atoms with Gasteiger partial charge in [-0.2, -0.15) is 0 Å². The maximum Gasteiger partial charge on any atom is 0.168 e. The molecular weight excluding hydrogens is 212 g/mol. The number of ether oxygens (including phenoxy) is 1. The molecular formula is C12H17F2NO. The highest BCUT2D eigenvalue weighted by Gasteiger charge is 2.13. The van der Waals surface area contributed by atoms with E-state index in [0.717, 1.165) is 12.5 Å². The van der Waals surface area contributed by atoms with E-state index < -0.39 is 11.6 Å². The van der Waals surface area contributed by atoms with Gasteiger partial charge in [-0.1, -0.05) is 6.92 Å². The minimum atomic E-state index is -0.663. The van der Waals surface area contributed by atoms with Crippen LogP contribution in [0.3, 0.4) is 0 Å². The van der Waals surface area contributed by atoms with Crippen LogP contribution in [0.15, 0.2) is 12.1 Å². The molecule has 0 aliphatic carbocycles. The van der Waals surface area contributed by atoms with Gasteiger partial charge in [0, 0.05) is 17.7 Å². The standard InChI is InChI=1S/C12H17F2NO/c1-3-4-16-12-9(5-8(2)15)6-10(13)7-11(12)14/h6-8H,3-5,15H2,1-2H3. The predicted octanol–water partition coefficient (Wildman–Crippen LogP) is 2.64. The number of benzene rings is 1. The van der Waals surface area contributed by atoms with E-state index in [1.807, 2.05) is 6.92 Å². The monoisotopic (exact) mass is 229 g/mol. The van der Waals surface area contributed by atoms with Crippen LogP contribution in [0, 0.1) is 11.6 Å². The van der Waals surface area contributed by atoms with Gasteiger partial charge in [-0.05, 0) is 25.8 Å². The highest BCUT2D eigenvalue weighted by Crippen LogP contribution is 2.25. The maximum absolute atomic E-state index is 13.5. The minimum Gasteiger partial charge on any atom is -0.490 e. The molecule has 0 heterocycles. The van der Waals surface area contributed by atoms with Gasteiger partial charge in [-0.25, -0.2) is 8.78 Å². The summed E-state index contributed by atoms with van der Waals surface area (Å²) >= 11 is 0. The van der Waals surface area contributed by atoms with Crippen molar-refractivity contribution in [3.05, 3.63) is 29.3 Å². The molecule has 1 aromatic rings. The van der Waals surface area contributed by atoms with Crippen LogP contribution in [0.4, 0.5) is 8.78 Å². The summed E-state index contributed by atoms with van der Waals surface area (Å²) in [7, 11) is 0. The van der Waals surface area contributed by atoms with E-state index >= 15 is 0 Å². The van der Waals surface area contributed by atoms with E-state index in [1.165, 1.54) is 6.07 Å². The molecule has 1 rings (SSSR count). The molecule has 0 bridgehead atoms. The highest BCUT2D eigenvalue weighted by molar-refractivity contribution is 5.36. The van der Waals surface area contributed by atoms with E-state index in [0.29, 0.717) is 18.6 Å². The second-order valence-corrected chi connectivity index (χ2v) is 3.91. The predicted molar refractivity (Wildman–Crippen MR) is 59.5 cm³/mol. The van der Waals surface area contributed by atoms with Crippen LogP contribution in [-0.4, -0.2) is 12.6 Å². The Kier molecular flexibility index (Phi) is 4.68. The fraction of sp³-hybridized carbons (Fsp3) is 0.500. The largest absolute Gasteiger partial charge is 0.490 e. The average Bonchev–Trinajstić information content (AvgIpc) is 2.15. The molecule has 4 heteroatoms. The lowest BCUT2D eigenvalue weighted by Crippen LogP contribution is -2.19. The first-order valence-electron chi connectivity index (χ1n) is 5.41. The minimum absolute atomic E-state index is 0.126. The van der Waals surface area contributed by atoms with Crippen molar-refractivity contribution in [2.75, 3.05) is 6.61 Å². The summed E-state index contributed by atoms with van der Waals surface area (Å²) in [5.74, 6) is -1.14. The lowest BCUT2D eigenvalue weighted by molar-refractivity contribution is 0.296. The molecule has 0 amide bonds. The molecule has 16 heavy (non-hydrogen) atoms. The van der Waals surface area contributed by atoms with E-state index in [9.17, 15) is 8.78 Å². The molecule has 1 aromatic carbocycles. The van der Waals surface area contributed by atoms with Crippen molar-refractivity contribution in [1.29, 1.82) is 0 Å². The average molecular weight is 229 g/mol. The van der Waals surface area contributed by atoms with Crippen molar-refractivity contribution in [2.45, 2.75) is 32.7 Å². The van der Waals surface area contributed by atoms with Gasteiger partial charge >= 0.3 is 0 Å². The van der Waals surface area contributed by atoms with E-state index in [4.69, 9.17) is 10.5 Å². The molecule has 0 aliphatic heterocycles. The third-order valence-corrected chi connectivity index (χ3v) is 2.08. The molecule has 0 aromatic heterocycles. The summed E-state index contributed by atoms with van der Waals surface area (Å²) in [6.45, 7) is 4.12. The van der Waals surface area contributed by atoms with Gasteiger partial charge in [0.1, 0.15) is 5.82 Å². The molecule has 0 saturated carbocycles. The van der Waals surface area contributed by atoms with Crippen molar-refractivity contribution < 1.29 is 13.5 Å². The molecule has 2 N–H and O–H groups in total. The van der Waals surface area contributed by atoms with E-state index in [-0.39, 0.29) is 11.8 Å². The normalized spacial score (nSPS) is 12.6. The summed E-state index contributed by atoms with van der Waals surface area (Å²) < 4.78 is 31.8. The van der Waals surface area contributed by atoms with Crippen LogP contribution in [-0.2, 0) is 6.42 Å². The second kappa shape index (κ2) is 5.80. The van der Waals surface area contributed by atoms with Gasteiger partial charge in [-0.15, -0.1) is 0 Å². The first kappa shape index (κ1) is 12.9. The molecule has 0 saturated heterocycles. The van der Waals surface area contributed by atoms with E-state index in [2.05, 4.69) is 0 Å². The zero-order valence-electron chi connectivity index (χ0n) is 9.59. The van der Waals surface area contributed by atoms with Crippen LogP contribution >= 0.6 is 0 Å². The van der Waals surface area contributed by atoms with Gasteiger partial charge in [0.15, 0.2) is 11.6 Å². The fourth-order valence-corrected chi connectivity index (χ4v) is 1.48. The maximum atomic E-state index is 13.5. The van der Waals surface area contributed by atoms with Gasteiger partial charge in [0.25, 0.3) is 0 Å². The van der Waals surface area contributed by atoms with Crippen molar-refractivity contribution in [1.82, 2.24) is 0 Å². The Bertz CT molecular complexity index is 353. The van der Waals surface area contributed by atoms with Crippen molar-refractivity contribution in [3.63, 3.8) is 0 Å². The Balaban J connectivity index is 3.00. The summed E-state index contributed by atoms with van der Waals surface area (Å²) in [5.41, 5.74) is 6.11. The summed E-state index contributed by atoms with van der Waals surface area (Å²) in [6, 6.07) is 1.94. The number of rotatable bonds is 5. The van der Waals surface area contributed by atoms with Crippen LogP contribution < -0.4 is 10.5 Å². The fourth-order valence-electron chi connectivity index (χ4n) is 1.48. The van der Waals surface area contributed by atoms with Crippen molar-refractivity contribution >= 4 is 0 Å². The van der Waals surface area contributed by atoms with E-state index in [1.54, 1.807) is 6.92 Å². The van der Waals surface area contributed by atoms with Crippen LogP contribution in [0.5, 0.6) is 5.75 Å². The first-order valence-corrected chi connectivity index (χ1v) is 5.41. The molecule has 0 radical (unpaired) electrons. The SMILES string of the molecule is CCCOc1c(F)cc(F)cc1CC(C)N. The number of nitrogens with two attached hydrogens (primary N) is 1. The Hall–Kier alpha value is -1.16. The van der Waals surface area contributed by atoms with Crippen LogP contribution in [0.1, 0.15) is 25.8 Å². The summed E-state index contributed by atoms with van der Waals surface area (Å²) in [5, 5.41) is 0. The third kappa shape index (κ3) is 3.45. The van der Waals surface area contributed by atoms with Gasteiger partial charge < -0.3 is 10.5 Å². The Labute approximate surface area is 94.4 Å². The van der Waals surface area contributed by atoms with Crippen LogP contribution in [0.2, 0.25) is 0 Å². The van der Waals surface area contributed by atoms with Crippen LogP contribution in [0.25, 0.3) is 0 Å². The molecule has 2 nitrogen and oxygen atoms in total. The molecule has 0 spiro atoms. The van der Waals surface area contributed by atoms with Crippen molar-refractivity contribution in [2.24, 2.45) is 5.73 Å². The highest BCUT2D eigenvalue weighted by atomic mass is 19.1. The molecule has 0 aliphatic rings. The molecule has 0 fully saturated rings. The third-order valence-electron chi connectivity index (χ3n) is 2.08. The Morgan fingerprint density at radius 3 is 2.62 bits per heavy atom. The zero-order chi connectivity index (χ0) is 12.1. The Morgan fingerprint density at radius 1 is 1.38 bits per heavy atom. The number of halogens is 2. The topological polar surface area (TPSA) is 35.2 Å². The Morgan fingerprint density at radius 2 is 2.06 bits per heavy atom.